The molecule has 1 aliphatic rings. The molecule has 0 radical (unpaired) electrons. The number of ether oxygens (including phenoxy) is 2. The lowest BCUT2D eigenvalue weighted by molar-refractivity contribution is 0.207. The maximum absolute atomic E-state index is 5.47. The Morgan fingerprint density at radius 2 is 2.05 bits per heavy atom. The zero-order valence-electron chi connectivity index (χ0n) is 13.2. The van der Waals surface area contributed by atoms with Crippen LogP contribution in [0, 0.1) is 6.92 Å². The van der Waals surface area contributed by atoms with E-state index in [-0.39, 0.29) is 0 Å². The van der Waals surface area contributed by atoms with Crippen molar-refractivity contribution in [3.05, 3.63) is 35.5 Å². The lowest BCUT2D eigenvalue weighted by atomic mass is 10.1. The van der Waals surface area contributed by atoms with Gasteiger partial charge in [-0.3, -0.25) is 4.90 Å². The molecule has 0 amide bonds. The molecular weight excluding hydrogens is 282 g/mol. The minimum Gasteiger partial charge on any atom is -0.497 e. The Bertz CT molecular complexity index is 637. The molecule has 1 aliphatic carbocycles. The Kier molecular flexibility index (Phi) is 4.29. The van der Waals surface area contributed by atoms with Crippen LogP contribution < -0.4 is 9.47 Å². The van der Waals surface area contributed by atoms with Crippen molar-refractivity contribution in [2.24, 2.45) is 0 Å². The van der Waals surface area contributed by atoms with E-state index >= 15 is 0 Å². The highest BCUT2D eigenvalue weighted by molar-refractivity contribution is 5.40. The molecule has 1 heterocycles. The molecule has 0 N–H and O–H groups in total. The maximum atomic E-state index is 5.47. The van der Waals surface area contributed by atoms with Gasteiger partial charge in [0, 0.05) is 18.2 Å². The molecule has 1 fully saturated rings. The van der Waals surface area contributed by atoms with Crippen LogP contribution in [0.5, 0.6) is 11.5 Å². The summed E-state index contributed by atoms with van der Waals surface area (Å²) in [6.45, 7) is 3.26. The SMILES string of the molecule is COc1ccc(OC)c(CN(Cc2nc(C)no2)C2CC2)c1. The fourth-order valence-electron chi connectivity index (χ4n) is 2.56. The first-order valence-electron chi connectivity index (χ1n) is 7.43. The van der Waals surface area contributed by atoms with Gasteiger partial charge in [0.15, 0.2) is 5.82 Å². The van der Waals surface area contributed by atoms with Crippen LogP contribution in [0.15, 0.2) is 22.7 Å². The van der Waals surface area contributed by atoms with Crippen LogP contribution in [-0.2, 0) is 13.1 Å². The van der Waals surface area contributed by atoms with Gasteiger partial charge >= 0.3 is 0 Å². The van der Waals surface area contributed by atoms with Gasteiger partial charge in [0.1, 0.15) is 11.5 Å². The van der Waals surface area contributed by atoms with Crippen LogP contribution in [0.2, 0.25) is 0 Å². The molecule has 0 bridgehead atoms. The van der Waals surface area contributed by atoms with Crippen LogP contribution in [0.4, 0.5) is 0 Å². The smallest absolute Gasteiger partial charge is 0.240 e. The predicted molar refractivity (Wildman–Crippen MR) is 80.9 cm³/mol. The van der Waals surface area contributed by atoms with Gasteiger partial charge in [0.25, 0.3) is 0 Å². The zero-order valence-corrected chi connectivity index (χ0v) is 13.2. The summed E-state index contributed by atoms with van der Waals surface area (Å²) in [6, 6.07) is 6.44. The number of methoxy groups -OCH3 is 2. The van der Waals surface area contributed by atoms with Gasteiger partial charge < -0.3 is 14.0 Å². The number of aryl methyl sites for hydroxylation is 1. The second-order valence-corrected chi connectivity index (χ2v) is 5.55. The van der Waals surface area contributed by atoms with E-state index in [4.69, 9.17) is 14.0 Å². The highest BCUT2D eigenvalue weighted by Gasteiger charge is 2.30. The average molecular weight is 303 g/mol. The third-order valence-corrected chi connectivity index (χ3v) is 3.83. The molecule has 1 saturated carbocycles. The van der Waals surface area contributed by atoms with Gasteiger partial charge in [0.2, 0.25) is 5.89 Å². The maximum Gasteiger partial charge on any atom is 0.240 e. The van der Waals surface area contributed by atoms with Crippen LogP contribution in [0.25, 0.3) is 0 Å². The quantitative estimate of drug-likeness (QED) is 0.783. The van der Waals surface area contributed by atoms with Crippen molar-refractivity contribution < 1.29 is 14.0 Å². The molecule has 1 aromatic heterocycles. The third-order valence-electron chi connectivity index (χ3n) is 3.83. The summed E-state index contributed by atoms with van der Waals surface area (Å²) in [7, 11) is 3.36. The monoisotopic (exact) mass is 303 g/mol. The van der Waals surface area contributed by atoms with Crippen LogP contribution in [0.3, 0.4) is 0 Å². The Hall–Kier alpha value is -2.08. The Balaban J connectivity index is 1.78. The molecule has 3 rings (SSSR count). The molecule has 6 heteroatoms. The summed E-state index contributed by atoms with van der Waals surface area (Å²) in [5.74, 6) is 3.03. The molecule has 2 aromatic rings. The number of benzene rings is 1. The molecule has 0 unspecified atom stereocenters. The van der Waals surface area contributed by atoms with E-state index in [2.05, 4.69) is 15.0 Å². The standard InChI is InChI=1S/C16H21N3O3/c1-11-17-16(22-18-11)10-19(13-4-5-13)9-12-8-14(20-2)6-7-15(12)21-3/h6-8,13H,4-5,9-10H2,1-3H3. The van der Waals surface area contributed by atoms with Crippen LogP contribution >= 0.6 is 0 Å². The van der Waals surface area contributed by atoms with E-state index in [1.165, 1.54) is 12.8 Å². The first-order valence-corrected chi connectivity index (χ1v) is 7.43. The van der Waals surface area contributed by atoms with Crippen molar-refractivity contribution >= 4 is 0 Å². The van der Waals surface area contributed by atoms with Crippen molar-refractivity contribution in [3.63, 3.8) is 0 Å². The topological polar surface area (TPSA) is 60.6 Å². The Morgan fingerprint density at radius 1 is 1.23 bits per heavy atom. The van der Waals surface area contributed by atoms with Crippen molar-refractivity contribution in [2.45, 2.75) is 38.9 Å². The molecule has 0 atom stereocenters. The largest absolute Gasteiger partial charge is 0.497 e. The molecule has 0 saturated heterocycles. The summed E-state index contributed by atoms with van der Waals surface area (Å²) in [5.41, 5.74) is 1.10. The number of rotatable bonds is 7. The number of nitrogens with zero attached hydrogens (tertiary/aromatic N) is 3. The minimum absolute atomic E-state index is 0.572. The van der Waals surface area contributed by atoms with Crippen molar-refractivity contribution in [2.75, 3.05) is 14.2 Å². The first kappa shape index (κ1) is 14.8. The molecule has 0 spiro atoms. The fourth-order valence-corrected chi connectivity index (χ4v) is 2.56. The molecule has 6 nitrogen and oxygen atoms in total. The van der Waals surface area contributed by atoms with Gasteiger partial charge in [-0.1, -0.05) is 5.16 Å². The van der Waals surface area contributed by atoms with Crippen LogP contribution in [-0.4, -0.2) is 35.3 Å². The molecule has 118 valence electrons. The normalized spacial score (nSPS) is 14.4. The van der Waals surface area contributed by atoms with E-state index in [1.54, 1.807) is 14.2 Å². The van der Waals surface area contributed by atoms with E-state index in [1.807, 2.05) is 25.1 Å². The Morgan fingerprint density at radius 3 is 2.64 bits per heavy atom. The Labute approximate surface area is 130 Å². The first-order chi connectivity index (χ1) is 10.7. The third kappa shape index (κ3) is 3.39. The lowest BCUT2D eigenvalue weighted by Gasteiger charge is -2.21. The summed E-state index contributed by atoms with van der Waals surface area (Å²) >= 11 is 0. The van der Waals surface area contributed by atoms with Crippen molar-refractivity contribution in [3.8, 4) is 11.5 Å². The number of aromatic nitrogens is 2. The van der Waals surface area contributed by atoms with Crippen molar-refractivity contribution in [1.29, 1.82) is 0 Å². The number of hydrogen-bond donors (Lipinski definition) is 0. The minimum atomic E-state index is 0.572. The van der Waals surface area contributed by atoms with Gasteiger partial charge in [-0.05, 0) is 38.0 Å². The van der Waals surface area contributed by atoms with Gasteiger partial charge in [-0.25, -0.2) is 0 Å². The fraction of sp³-hybridized carbons (Fsp3) is 0.500. The van der Waals surface area contributed by atoms with E-state index < -0.39 is 0 Å². The summed E-state index contributed by atoms with van der Waals surface area (Å²) in [5, 5.41) is 3.86. The summed E-state index contributed by atoms with van der Waals surface area (Å²) in [6.07, 6.45) is 2.42. The van der Waals surface area contributed by atoms with Gasteiger partial charge in [0.05, 0.1) is 20.8 Å². The van der Waals surface area contributed by atoms with Gasteiger partial charge in [-0.15, -0.1) is 0 Å². The predicted octanol–water partition coefficient (Wildman–Crippen LogP) is 2.56. The van der Waals surface area contributed by atoms with Crippen LogP contribution in [0.1, 0.15) is 30.1 Å². The molecule has 22 heavy (non-hydrogen) atoms. The van der Waals surface area contributed by atoms with E-state index in [0.29, 0.717) is 24.3 Å². The highest BCUT2D eigenvalue weighted by Crippen LogP contribution is 2.32. The molecular formula is C16H21N3O3. The zero-order chi connectivity index (χ0) is 15.5. The molecule has 0 aliphatic heterocycles. The second-order valence-electron chi connectivity index (χ2n) is 5.55. The lowest BCUT2D eigenvalue weighted by Crippen LogP contribution is -2.25. The van der Waals surface area contributed by atoms with E-state index in [9.17, 15) is 0 Å². The molecule has 1 aromatic carbocycles. The highest BCUT2D eigenvalue weighted by atomic mass is 16.5. The summed E-state index contributed by atoms with van der Waals surface area (Å²) < 4.78 is 16.0. The van der Waals surface area contributed by atoms with E-state index in [0.717, 1.165) is 23.6 Å². The van der Waals surface area contributed by atoms with Crippen molar-refractivity contribution in [1.82, 2.24) is 15.0 Å². The average Bonchev–Trinajstić information content (AvgIpc) is 3.30. The summed E-state index contributed by atoms with van der Waals surface area (Å²) in [4.78, 5) is 6.65. The second kappa shape index (κ2) is 6.36. The van der Waals surface area contributed by atoms with Gasteiger partial charge in [-0.2, -0.15) is 4.98 Å². The number of hydrogen-bond acceptors (Lipinski definition) is 6.